The van der Waals surface area contributed by atoms with E-state index in [4.69, 9.17) is 0 Å². The van der Waals surface area contributed by atoms with Gasteiger partial charge in [-0.05, 0) is 26.7 Å². The summed E-state index contributed by atoms with van der Waals surface area (Å²) < 4.78 is 0. The Morgan fingerprint density at radius 2 is 2.36 bits per heavy atom. The Labute approximate surface area is 67.8 Å². The first kappa shape index (κ1) is 8.25. The highest BCUT2D eigenvalue weighted by atomic mass is 16.1. The second-order valence-electron chi connectivity index (χ2n) is 2.97. The van der Waals surface area contributed by atoms with Crippen LogP contribution in [-0.4, -0.2) is 5.78 Å². The fraction of sp³-hybridized carbons (Fsp3) is 0.500. The maximum atomic E-state index is 10.9. The van der Waals surface area contributed by atoms with Crippen LogP contribution in [-0.2, 0) is 4.79 Å². The van der Waals surface area contributed by atoms with Crippen LogP contribution in [0.25, 0.3) is 0 Å². The van der Waals surface area contributed by atoms with Crippen molar-refractivity contribution in [1.82, 2.24) is 0 Å². The second kappa shape index (κ2) is 3.51. The summed E-state index contributed by atoms with van der Waals surface area (Å²) in [6.45, 7) is 3.66. The third-order valence-corrected chi connectivity index (χ3v) is 2.16. The molecule has 1 saturated carbocycles. The fourth-order valence-electron chi connectivity index (χ4n) is 1.34. The van der Waals surface area contributed by atoms with Crippen LogP contribution in [0.2, 0.25) is 0 Å². The lowest BCUT2D eigenvalue weighted by atomic mass is 9.77. The molecule has 1 unspecified atom stereocenters. The molecule has 0 N–H and O–H groups in total. The fourth-order valence-corrected chi connectivity index (χ4v) is 1.34. The van der Waals surface area contributed by atoms with Gasteiger partial charge < -0.3 is 0 Å². The highest BCUT2D eigenvalue weighted by Gasteiger charge is 2.26. The van der Waals surface area contributed by atoms with Crippen molar-refractivity contribution in [2.24, 2.45) is 5.92 Å². The zero-order valence-electron chi connectivity index (χ0n) is 7.13. The SMILES string of the molecule is C/C=C\C=C1/CCC1C(C)=O. The van der Waals surface area contributed by atoms with Crippen LogP contribution >= 0.6 is 0 Å². The van der Waals surface area contributed by atoms with E-state index in [1.54, 1.807) is 6.92 Å². The molecule has 1 fully saturated rings. The minimum absolute atomic E-state index is 0.242. The van der Waals surface area contributed by atoms with Crippen molar-refractivity contribution in [1.29, 1.82) is 0 Å². The van der Waals surface area contributed by atoms with Gasteiger partial charge in [0.05, 0.1) is 0 Å². The lowest BCUT2D eigenvalue weighted by molar-refractivity contribution is -0.120. The molecule has 1 rings (SSSR count). The first-order valence-electron chi connectivity index (χ1n) is 4.08. The molecule has 0 aromatic rings. The summed E-state index contributed by atoms with van der Waals surface area (Å²) in [6.07, 6.45) is 8.22. The van der Waals surface area contributed by atoms with E-state index in [-0.39, 0.29) is 5.92 Å². The van der Waals surface area contributed by atoms with Crippen molar-refractivity contribution in [2.45, 2.75) is 26.7 Å². The van der Waals surface area contributed by atoms with Gasteiger partial charge in [-0.3, -0.25) is 4.79 Å². The summed E-state index contributed by atoms with van der Waals surface area (Å²) in [5, 5.41) is 0. The molecule has 1 atom stereocenters. The normalized spacial score (nSPS) is 27.5. The van der Waals surface area contributed by atoms with Crippen molar-refractivity contribution < 1.29 is 4.79 Å². The molecule has 0 aliphatic heterocycles. The molecule has 0 bridgehead atoms. The molecule has 0 heterocycles. The van der Waals surface area contributed by atoms with E-state index in [1.165, 1.54) is 5.57 Å². The highest BCUT2D eigenvalue weighted by molar-refractivity contribution is 5.82. The predicted octanol–water partition coefficient (Wildman–Crippen LogP) is 2.49. The molecule has 0 radical (unpaired) electrons. The third-order valence-electron chi connectivity index (χ3n) is 2.16. The van der Waals surface area contributed by atoms with Crippen LogP contribution in [0.4, 0.5) is 0 Å². The van der Waals surface area contributed by atoms with E-state index < -0.39 is 0 Å². The van der Waals surface area contributed by atoms with Gasteiger partial charge in [0.2, 0.25) is 0 Å². The van der Waals surface area contributed by atoms with Gasteiger partial charge in [-0.15, -0.1) is 0 Å². The van der Waals surface area contributed by atoms with Crippen molar-refractivity contribution >= 4 is 5.78 Å². The molecule has 0 aromatic carbocycles. The number of ketones is 1. The molecular weight excluding hydrogens is 136 g/mol. The van der Waals surface area contributed by atoms with E-state index in [0.717, 1.165) is 12.8 Å². The Kier molecular flexibility index (Phi) is 2.64. The maximum Gasteiger partial charge on any atom is 0.136 e. The van der Waals surface area contributed by atoms with Gasteiger partial charge in [0.25, 0.3) is 0 Å². The van der Waals surface area contributed by atoms with Gasteiger partial charge in [0, 0.05) is 5.92 Å². The molecular formula is C10H14O. The quantitative estimate of drug-likeness (QED) is 0.591. The van der Waals surface area contributed by atoms with Crippen LogP contribution in [0.1, 0.15) is 26.7 Å². The number of Topliss-reactive ketones (excluding diaryl/α,β-unsaturated/α-hetero) is 1. The van der Waals surface area contributed by atoms with Gasteiger partial charge in [0.15, 0.2) is 0 Å². The lowest BCUT2D eigenvalue weighted by Crippen LogP contribution is -2.22. The van der Waals surface area contributed by atoms with E-state index in [2.05, 4.69) is 6.08 Å². The smallest absolute Gasteiger partial charge is 0.136 e. The zero-order chi connectivity index (χ0) is 8.27. The Bertz CT molecular complexity index is 211. The summed E-state index contributed by atoms with van der Waals surface area (Å²) in [4.78, 5) is 10.9. The number of carbonyl (C=O) groups excluding carboxylic acids is 1. The third kappa shape index (κ3) is 1.79. The number of carbonyl (C=O) groups is 1. The Hall–Kier alpha value is -0.850. The molecule has 1 aliphatic carbocycles. The maximum absolute atomic E-state index is 10.9. The van der Waals surface area contributed by atoms with E-state index in [9.17, 15) is 4.79 Å². The van der Waals surface area contributed by atoms with Crippen molar-refractivity contribution in [2.75, 3.05) is 0 Å². The van der Waals surface area contributed by atoms with Crippen LogP contribution < -0.4 is 0 Å². The Morgan fingerprint density at radius 3 is 2.73 bits per heavy atom. The van der Waals surface area contributed by atoms with Crippen LogP contribution in [0.5, 0.6) is 0 Å². The molecule has 1 heteroatoms. The van der Waals surface area contributed by atoms with E-state index in [1.807, 2.05) is 19.1 Å². The standard InChI is InChI=1S/C10H14O/c1-3-4-5-9-6-7-10(9)8(2)11/h3-5,10H,6-7H2,1-2H3/b4-3-,9-5+. The molecule has 0 aromatic heterocycles. The average Bonchev–Trinajstić information content (AvgIpc) is 1.84. The second-order valence-corrected chi connectivity index (χ2v) is 2.97. The van der Waals surface area contributed by atoms with Crippen molar-refractivity contribution in [3.05, 3.63) is 23.8 Å². The van der Waals surface area contributed by atoms with E-state index >= 15 is 0 Å². The summed E-state index contributed by atoms with van der Waals surface area (Å²) in [6, 6.07) is 0. The van der Waals surface area contributed by atoms with Gasteiger partial charge in [-0.25, -0.2) is 0 Å². The molecule has 0 saturated heterocycles. The number of hydrogen-bond donors (Lipinski definition) is 0. The average molecular weight is 150 g/mol. The van der Waals surface area contributed by atoms with Crippen molar-refractivity contribution in [3.63, 3.8) is 0 Å². The minimum Gasteiger partial charge on any atom is -0.299 e. The first-order valence-corrected chi connectivity index (χ1v) is 4.08. The molecule has 11 heavy (non-hydrogen) atoms. The topological polar surface area (TPSA) is 17.1 Å². The minimum atomic E-state index is 0.242. The number of rotatable bonds is 2. The van der Waals surface area contributed by atoms with Crippen LogP contribution in [0, 0.1) is 5.92 Å². The van der Waals surface area contributed by atoms with Crippen LogP contribution in [0.15, 0.2) is 23.8 Å². The lowest BCUT2D eigenvalue weighted by Gasteiger charge is -2.27. The largest absolute Gasteiger partial charge is 0.299 e. The predicted molar refractivity (Wildman–Crippen MR) is 46.3 cm³/mol. The molecule has 60 valence electrons. The number of hydrogen-bond acceptors (Lipinski definition) is 1. The molecule has 1 nitrogen and oxygen atoms in total. The van der Waals surface area contributed by atoms with Gasteiger partial charge in [-0.2, -0.15) is 0 Å². The first-order chi connectivity index (χ1) is 5.25. The summed E-state index contributed by atoms with van der Waals surface area (Å²) in [7, 11) is 0. The zero-order valence-corrected chi connectivity index (χ0v) is 7.13. The van der Waals surface area contributed by atoms with Crippen LogP contribution in [0.3, 0.4) is 0 Å². The summed E-state index contributed by atoms with van der Waals surface area (Å²) in [5.41, 5.74) is 1.30. The Balaban J connectivity index is 2.55. The molecule has 1 aliphatic rings. The Morgan fingerprint density at radius 1 is 1.64 bits per heavy atom. The highest BCUT2D eigenvalue weighted by Crippen LogP contribution is 2.33. The monoisotopic (exact) mass is 150 g/mol. The van der Waals surface area contributed by atoms with Gasteiger partial charge in [0.1, 0.15) is 5.78 Å². The van der Waals surface area contributed by atoms with Gasteiger partial charge >= 0.3 is 0 Å². The van der Waals surface area contributed by atoms with E-state index in [0.29, 0.717) is 5.78 Å². The molecule has 0 spiro atoms. The summed E-state index contributed by atoms with van der Waals surface area (Å²) >= 11 is 0. The number of allylic oxidation sites excluding steroid dienone is 4. The van der Waals surface area contributed by atoms with Crippen molar-refractivity contribution in [3.8, 4) is 0 Å². The summed E-state index contributed by atoms with van der Waals surface area (Å²) in [5.74, 6) is 0.554. The molecule has 0 amide bonds. The van der Waals surface area contributed by atoms with Gasteiger partial charge in [-0.1, -0.05) is 23.8 Å².